The topological polar surface area (TPSA) is 97.9 Å². The highest BCUT2D eigenvalue weighted by Gasteiger charge is 2.09. The molecule has 0 fully saturated rings. The van der Waals surface area contributed by atoms with Crippen molar-refractivity contribution >= 4 is 11.7 Å². The van der Waals surface area contributed by atoms with Gasteiger partial charge in [-0.3, -0.25) is 4.68 Å². The van der Waals surface area contributed by atoms with Crippen molar-refractivity contribution in [3.63, 3.8) is 0 Å². The van der Waals surface area contributed by atoms with E-state index in [4.69, 9.17) is 4.52 Å². The van der Waals surface area contributed by atoms with E-state index in [9.17, 15) is 4.79 Å². The van der Waals surface area contributed by atoms with Gasteiger partial charge in [0.25, 0.3) is 0 Å². The lowest BCUT2D eigenvalue weighted by Gasteiger charge is -2.04. The zero-order valence-corrected chi connectivity index (χ0v) is 13.2. The van der Waals surface area contributed by atoms with Crippen LogP contribution in [-0.4, -0.2) is 32.5 Å². The Morgan fingerprint density at radius 2 is 2.27 bits per heavy atom. The Morgan fingerprint density at radius 3 is 2.91 bits per heavy atom. The fourth-order valence-electron chi connectivity index (χ4n) is 1.82. The first-order valence-electron chi connectivity index (χ1n) is 7.48. The fraction of sp³-hybridized carbons (Fsp3) is 0.571. The van der Waals surface area contributed by atoms with Crippen LogP contribution in [-0.2, 0) is 13.0 Å². The van der Waals surface area contributed by atoms with Crippen molar-refractivity contribution in [2.24, 2.45) is 0 Å². The van der Waals surface area contributed by atoms with Gasteiger partial charge >= 0.3 is 6.03 Å². The Morgan fingerprint density at radius 1 is 1.45 bits per heavy atom. The molecule has 2 N–H and O–H groups in total. The van der Waals surface area contributed by atoms with Gasteiger partial charge in [0.2, 0.25) is 5.89 Å². The van der Waals surface area contributed by atoms with Crippen molar-refractivity contribution in [2.45, 2.75) is 46.1 Å². The maximum absolute atomic E-state index is 11.7. The molecule has 2 aromatic heterocycles. The Labute approximate surface area is 129 Å². The molecule has 0 atom stereocenters. The summed E-state index contributed by atoms with van der Waals surface area (Å²) in [5, 5.41) is 13.5. The number of nitrogens with one attached hydrogen (secondary N) is 2. The van der Waals surface area contributed by atoms with Crippen LogP contribution in [0.3, 0.4) is 0 Å². The SMILES string of the molecule is CCn1cc(NC(=O)NCCCc2nc(C(C)C)no2)cn1. The molecular formula is C14H22N6O2. The molecule has 0 aliphatic rings. The van der Waals surface area contributed by atoms with Crippen molar-refractivity contribution < 1.29 is 9.32 Å². The van der Waals surface area contributed by atoms with E-state index in [1.54, 1.807) is 17.1 Å². The molecule has 8 heteroatoms. The second kappa shape index (κ2) is 7.58. The van der Waals surface area contributed by atoms with Crippen molar-refractivity contribution in [3.8, 4) is 0 Å². The van der Waals surface area contributed by atoms with Gasteiger partial charge in [-0.15, -0.1) is 0 Å². The van der Waals surface area contributed by atoms with Crippen LogP contribution in [0.4, 0.5) is 10.5 Å². The Kier molecular flexibility index (Phi) is 5.51. The van der Waals surface area contributed by atoms with Crippen LogP contribution in [0.1, 0.15) is 44.8 Å². The molecule has 0 bridgehead atoms. The number of carbonyl (C=O) groups is 1. The van der Waals surface area contributed by atoms with E-state index < -0.39 is 0 Å². The molecule has 2 aromatic rings. The quantitative estimate of drug-likeness (QED) is 0.764. The lowest BCUT2D eigenvalue weighted by Crippen LogP contribution is -2.29. The van der Waals surface area contributed by atoms with Gasteiger partial charge in [-0.25, -0.2) is 4.79 Å². The van der Waals surface area contributed by atoms with E-state index in [1.807, 2.05) is 20.8 Å². The highest BCUT2D eigenvalue weighted by molar-refractivity contribution is 5.88. The first-order chi connectivity index (χ1) is 10.6. The summed E-state index contributed by atoms with van der Waals surface area (Å²) in [5.74, 6) is 1.58. The molecule has 2 heterocycles. The fourth-order valence-corrected chi connectivity index (χ4v) is 1.82. The van der Waals surface area contributed by atoms with Crippen LogP contribution in [0.25, 0.3) is 0 Å². The lowest BCUT2D eigenvalue weighted by atomic mass is 10.2. The van der Waals surface area contributed by atoms with Gasteiger partial charge in [0.1, 0.15) is 0 Å². The number of anilines is 1. The maximum atomic E-state index is 11.7. The molecule has 0 saturated carbocycles. The van der Waals surface area contributed by atoms with Crippen molar-refractivity contribution in [1.29, 1.82) is 0 Å². The van der Waals surface area contributed by atoms with Crippen LogP contribution in [0.5, 0.6) is 0 Å². The summed E-state index contributed by atoms with van der Waals surface area (Å²) >= 11 is 0. The van der Waals surface area contributed by atoms with E-state index >= 15 is 0 Å². The van der Waals surface area contributed by atoms with Gasteiger partial charge in [-0.2, -0.15) is 10.1 Å². The average Bonchev–Trinajstić information content (AvgIpc) is 3.12. The molecule has 0 aliphatic heterocycles. The molecule has 0 spiro atoms. The predicted octanol–water partition coefficient (Wildman–Crippen LogP) is 2.16. The third-order valence-corrected chi connectivity index (χ3v) is 3.07. The van der Waals surface area contributed by atoms with Crippen molar-refractivity contribution in [2.75, 3.05) is 11.9 Å². The number of carbonyl (C=O) groups excluding carboxylic acids is 1. The summed E-state index contributed by atoms with van der Waals surface area (Å²) in [6.07, 6.45) is 4.79. The Bertz CT molecular complexity index is 604. The summed E-state index contributed by atoms with van der Waals surface area (Å²) < 4.78 is 6.89. The number of aryl methyl sites for hydroxylation is 2. The van der Waals surface area contributed by atoms with Crippen molar-refractivity contribution in [1.82, 2.24) is 25.2 Å². The van der Waals surface area contributed by atoms with Crippen LogP contribution in [0.15, 0.2) is 16.9 Å². The number of aromatic nitrogens is 4. The summed E-state index contributed by atoms with van der Waals surface area (Å²) in [6, 6.07) is -0.246. The molecule has 0 unspecified atom stereocenters. The Hall–Kier alpha value is -2.38. The zero-order valence-electron chi connectivity index (χ0n) is 13.2. The first kappa shape index (κ1) is 16.0. The third-order valence-electron chi connectivity index (χ3n) is 3.07. The number of hydrogen-bond acceptors (Lipinski definition) is 5. The Balaban J connectivity index is 1.66. The van der Waals surface area contributed by atoms with Gasteiger partial charge in [0.05, 0.1) is 11.9 Å². The first-order valence-corrected chi connectivity index (χ1v) is 7.48. The number of hydrogen-bond donors (Lipinski definition) is 2. The van der Waals surface area contributed by atoms with Crippen LogP contribution in [0, 0.1) is 0 Å². The zero-order chi connectivity index (χ0) is 15.9. The highest BCUT2D eigenvalue weighted by atomic mass is 16.5. The van der Waals surface area contributed by atoms with E-state index in [1.165, 1.54) is 0 Å². The molecule has 0 aliphatic carbocycles. The van der Waals surface area contributed by atoms with Gasteiger partial charge in [-0.1, -0.05) is 19.0 Å². The second-order valence-electron chi connectivity index (χ2n) is 5.27. The monoisotopic (exact) mass is 306 g/mol. The summed E-state index contributed by atoms with van der Waals surface area (Å²) in [6.45, 7) is 7.32. The van der Waals surface area contributed by atoms with Gasteiger partial charge < -0.3 is 15.2 Å². The lowest BCUT2D eigenvalue weighted by molar-refractivity contribution is 0.252. The van der Waals surface area contributed by atoms with Crippen LogP contribution < -0.4 is 10.6 Å². The van der Waals surface area contributed by atoms with E-state index in [0.717, 1.165) is 13.0 Å². The number of amides is 2. The second-order valence-corrected chi connectivity index (χ2v) is 5.27. The predicted molar refractivity (Wildman–Crippen MR) is 81.6 cm³/mol. The molecule has 2 amide bonds. The minimum atomic E-state index is -0.246. The van der Waals surface area contributed by atoms with E-state index in [2.05, 4.69) is 25.9 Å². The molecule has 0 radical (unpaired) electrons. The summed E-state index contributed by atoms with van der Waals surface area (Å²) in [4.78, 5) is 16.0. The molecular weight excluding hydrogens is 284 g/mol. The normalized spacial score (nSPS) is 10.9. The minimum absolute atomic E-state index is 0.246. The van der Waals surface area contributed by atoms with E-state index in [-0.39, 0.29) is 11.9 Å². The minimum Gasteiger partial charge on any atom is -0.339 e. The van der Waals surface area contributed by atoms with E-state index in [0.29, 0.717) is 30.4 Å². The summed E-state index contributed by atoms with van der Waals surface area (Å²) in [5.41, 5.74) is 0.679. The van der Waals surface area contributed by atoms with Gasteiger partial charge in [0, 0.05) is 31.6 Å². The van der Waals surface area contributed by atoms with Gasteiger partial charge in [0.15, 0.2) is 5.82 Å². The van der Waals surface area contributed by atoms with Crippen LogP contribution >= 0.6 is 0 Å². The standard InChI is InChI=1S/C14H22N6O2/c1-4-20-9-11(8-16-20)17-14(21)15-7-5-6-12-18-13(10(2)3)19-22-12/h8-10H,4-7H2,1-3H3,(H2,15,17,21). The molecule has 2 rings (SSSR count). The smallest absolute Gasteiger partial charge is 0.319 e. The highest BCUT2D eigenvalue weighted by Crippen LogP contribution is 2.10. The number of urea groups is 1. The number of rotatable bonds is 7. The van der Waals surface area contributed by atoms with Crippen LogP contribution in [0.2, 0.25) is 0 Å². The average molecular weight is 306 g/mol. The number of nitrogens with zero attached hydrogens (tertiary/aromatic N) is 4. The van der Waals surface area contributed by atoms with Gasteiger partial charge in [-0.05, 0) is 13.3 Å². The molecule has 120 valence electrons. The molecule has 22 heavy (non-hydrogen) atoms. The maximum Gasteiger partial charge on any atom is 0.319 e. The summed E-state index contributed by atoms with van der Waals surface area (Å²) in [7, 11) is 0. The molecule has 8 nitrogen and oxygen atoms in total. The molecule has 0 aromatic carbocycles. The molecule has 0 saturated heterocycles. The largest absolute Gasteiger partial charge is 0.339 e. The third kappa shape index (κ3) is 4.57. The van der Waals surface area contributed by atoms with Crippen molar-refractivity contribution in [3.05, 3.63) is 24.1 Å².